The van der Waals surface area contributed by atoms with Crippen molar-refractivity contribution in [3.8, 4) is 11.5 Å². The fourth-order valence-electron chi connectivity index (χ4n) is 1.77. The summed E-state index contributed by atoms with van der Waals surface area (Å²) in [6.45, 7) is 2.10. The molecule has 0 aliphatic heterocycles. The second-order valence-electron chi connectivity index (χ2n) is 4.21. The monoisotopic (exact) mass is 287 g/mol. The molecule has 5 nitrogen and oxygen atoms in total. The highest BCUT2D eigenvalue weighted by atomic mass is 32.2. The molecule has 0 radical (unpaired) electrons. The summed E-state index contributed by atoms with van der Waals surface area (Å²) in [4.78, 5) is 0.529. The van der Waals surface area contributed by atoms with Crippen LogP contribution >= 0.6 is 0 Å². The van der Waals surface area contributed by atoms with Crippen LogP contribution in [-0.4, -0.2) is 41.9 Å². The van der Waals surface area contributed by atoms with Gasteiger partial charge in [-0.05, 0) is 31.5 Å². The number of aliphatic hydroxyl groups is 1. The molecule has 0 aliphatic rings. The van der Waals surface area contributed by atoms with E-state index in [0.717, 1.165) is 5.56 Å². The highest BCUT2D eigenvalue weighted by Crippen LogP contribution is 2.31. The van der Waals surface area contributed by atoms with Gasteiger partial charge in [0.25, 0.3) is 0 Å². The molecule has 3 N–H and O–H groups in total. The Balaban J connectivity index is 3.19. The number of ether oxygens (including phenoxy) is 2. The van der Waals surface area contributed by atoms with Gasteiger partial charge in [0.1, 0.15) is 11.5 Å². The van der Waals surface area contributed by atoms with Crippen molar-refractivity contribution in [3.63, 3.8) is 0 Å². The second kappa shape index (κ2) is 7.47. The lowest BCUT2D eigenvalue weighted by Crippen LogP contribution is -2.13. The molecule has 0 spiro atoms. The van der Waals surface area contributed by atoms with Crippen LogP contribution in [0.15, 0.2) is 17.0 Å². The van der Waals surface area contributed by atoms with E-state index in [9.17, 15) is 9.32 Å². The topological polar surface area (TPSA) is 81.8 Å². The number of aliphatic hydroxyl groups excluding tert-OH is 1. The Kier molecular flexibility index (Phi) is 6.27. The van der Waals surface area contributed by atoms with Crippen molar-refractivity contribution in [2.24, 2.45) is 5.73 Å². The maximum atomic E-state index is 12.2. The van der Waals surface area contributed by atoms with Crippen molar-refractivity contribution in [3.05, 3.63) is 17.7 Å². The van der Waals surface area contributed by atoms with Crippen LogP contribution in [0.1, 0.15) is 12.5 Å². The Hall–Kier alpha value is -1.11. The fourth-order valence-corrected chi connectivity index (χ4v) is 2.99. The standard InChI is InChI=1S/C13H21NO4S/c1-9(15)8-19(16)13-7-11(17-2)10(4-5-14)6-12(13)18-3/h6-7,9,15H,4-5,8,14H2,1-3H3. The maximum absolute atomic E-state index is 12.2. The number of nitrogens with two attached hydrogens (primary N) is 1. The van der Waals surface area contributed by atoms with E-state index in [2.05, 4.69) is 0 Å². The third kappa shape index (κ3) is 4.19. The van der Waals surface area contributed by atoms with Crippen molar-refractivity contribution in [2.45, 2.75) is 24.3 Å². The highest BCUT2D eigenvalue weighted by molar-refractivity contribution is 7.85. The summed E-state index contributed by atoms with van der Waals surface area (Å²) in [7, 11) is 1.75. The Morgan fingerprint density at radius 1 is 1.32 bits per heavy atom. The average molecular weight is 287 g/mol. The van der Waals surface area contributed by atoms with Gasteiger partial charge in [-0.25, -0.2) is 0 Å². The van der Waals surface area contributed by atoms with E-state index >= 15 is 0 Å². The maximum Gasteiger partial charge on any atom is 0.135 e. The normalized spacial score (nSPS) is 13.9. The summed E-state index contributed by atoms with van der Waals surface area (Å²) in [6, 6.07) is 3.49. The van der Waals surface area contributed by atoms with Gasteiger partial charge in [0.2, 0.25) is 0 Å². The molecular formula is C13H21NO4S. The first-order valence-electron chi connectivity index (χ1n) is 6.04. The van der Waals surface area contributed by atoms with Crippen LogP contribution in [0.4, 0.5) is 0 Å². The predicted octanol–water partition coefficient (Wildman–Crippen LogP) is 0.693. The van der Waals surface area contributed by atoms with Crippen LogP contribution in [0.25, 0.3) is 0 Å². The third-order valence-electron chi connectivity index (χ3n) is 2.62. The van der Waals surface area contributed by atoms with Crippen LogP contribution in [0.5, 0.6) is 11.5 Å². The number of rotatable bonds is 7. The largest absolute Gasteiger partial charge is 0.496 e. The zero-order chi connectivity index (χ0) is 14.4. The lowest BCUT2D eigenvalue weighted by Gasteiger charge is -2.14. The van der Waals surface area contributed by atoms with Crippen molar-refractivity contribution < 1.29 is 18.8 Å². The van der Waals surface area contributed by atoms with Crippen molar-refractivity contribution >= 4 is 10.8 Å². The van der Waals surface area contributed by atoms with Crippen molar-refractivity contribution in [1.82, 2.24) is 0 Å². The van der Waals surface area contributed by atoms with Crippen LogP contribution in [0.2, 0.25) is 0 Å². The van der Waals surface area contributed by atoms with Crippen molar-refractivity contribution in [1.29, 1.82) is 0 Å². The van der Waals surface area contributed by atoms with Gasteiger partial charge >= 0.3 is 0 Å². The molecule has 1 aromatic rings. The van der Waals surface area contributed by atoms with E-state index < -0.39 is 16.9 Å². The van der Waals surface area contributed by atoms with Crippen LogP contribution in [-0.2, 0) is 17.2 Å². The third-order valence-corrected chi connectivity index (χ3v) is 4.21. The van der Waals surface area contributed by atoms with Crippen LogP contribution < -0.4 is 15.2 Å². The summed E-state index contributed by atoms with van der Waals surface area (Å²) < 4.78 is 22.7. The Morgan fingerprint density at radius 2 is 1.95 bits per heavy atom. The van der Waals surface area contributed by atoms with E-state index in [4.69, 9.17) is 15.2 Å². The molecule has 0 aromatic heterocycles. The first-order chi connectivity index (χ1) is 9.03. The molecule has 6 heteroatoms. The minimum atomic E-state index is -1.34. The molecule has 0 bridgehead atoms. The smallest absolute Gasteiger partial charge is 0.135 e. The Bertz CT molecular complexity index is 449. The first-order valence-corrected chi connectivity index (χ1v) is 7.36. The molecule has 0 saturated carbocycles. The van der Waals surface area contributed by atoms with E-state index in [-0.39, 0.29) is 5.75 Å². The van der Waals surface area contributed by atoms with E-state index in [1.807, 2.05) is 0 Å². The first kappa shape index (κ1) is 15.9. The van der Waals surface area contributed by atoms with E-state index in [1.165, 1.54) is 7.11 Å². The fraction of sp³-hybridized carbons (Fsp3) is 0.538. The molecule has 0 saturated heterocycles. The second-order valence-corrected chi connectivity index (χ2v) is 5.68. The van der Waals surface area contributed by atoms with Gasteiger partial charge in [0.15, 0.2) is 0 Å². The minimum absolute atomic E-state index is 0.162. The van der Waals surface area contributed by atoms with Crippen LogP contribution in [0.3, 0.4) is 0 Å². The van der Waals surface area contributed by atoms with Gasteiger partial charge in [0.05, 0.1) is 41.8 Å². The predicted molar refractivity (Wildman–Crippen MR) is 75.3 cm³/mol. The lowest BCUT2D eigenvalue weighted by molar-refractivity contribution is 0.219. The molecule has 0 aliphatic carbocycles. The van der Waals surface area contributed by atoms with Gasteiger partial charge in [0, 0.05) is 6.07 Å². The molecular weight excluding hydrogens is 266 g/mol. The molecule has 108 valence electrons. The average Bonchev–Trinajstić information content (AvgIpc) is 2.37. The Morgan fingerprint density at radius 3 is 2.42 bits per heavy atom. The summed E-state index contributed by atoms with van der Waals surface area (Å²) in [5.74, 6) is 1.33. The summed E-state index contributed by atoms with van der Waals surface area (Å²) >= 11 is 0. The minimum Gasteiger partial charge on any atom is -0.496 e. The highest BCUT2D eigenvalue weighted by Gasteiger charge is 2.17. The molecule has 2 atom stereocenters. The number of benzene rings is 1. The molecule has 0 heterocycles. The van der Waals surface area contributed by atoms with Gasteiger partial charge in [-0.15, -0.1) is 0 Å². The number of methoxy groups -OCH3 is 2. The lowest BCUT2D eigenvalue weighted by atomic mass is 10.1. The van der Waals surface area contributed by atoms with E-state index in [0.29, 0.717) is 29.4 Å². The Labute approximate surface area is 116 Å². The summed E-state index contributed by atoms with van der Waals surface area (Å²) in [6.07, 6.45) is 0.0170. The number of hydrogen-bond donors (Lipinski definition) is 2. The molecule has 19 heavy (non-hydrogen) atoms. The number of hydrogen-bond acceptors (Lipinski definition) is 5. The summed E-state index contributed by atoms with van der Waals surface area (Å²) in [5, 5.41) is 9.33. The SMILES string of the molecule is COc1cc(S(=O)CC(C)O)c(OC)cc1CCN. The van der Waals surface area contributed by atoms with Gasteiger partial charge in [-0.2, -0.15) is 0 Å². The summed E-state index contributed by atoms with van der Waals surface area (Å²) in [5.41, 5.74) is 6.47. The van der Waals surface area contributed by atoms with Gasteiger partial charge in [-0.1, -0.05) is 0 Å². The molecule has 2 unspecified atom stereocenters. The zero-order valence-electron chi connectivity index (χ0n) is 11.5. The zero-order valence-corrected chi connectivity index (χ0v) is 12.3. The van der Waals surface area contributed by atoms with Crippen molar-refractivity contribution in [2.75, 3.05) is 26.5 Å². The molecule has 1 aromatic carbocycles. The quantitative estimate of drug-likeness (QED) is 0.771. The van der Waals surface area contributed by atoms with E-state index in [1.54, 1.807) is 26.2 Å². The molecule has 0 amide bonds. The molecule has 0 fully saturated rings. The van der Waals surface area contributed by atoms with Gasteiger partial charge < -0.3 is 20.3 Å². The van der Waals surface area contributed by atoms with Gasteiger partial charge in [-0.3, -0.25) is 4.21 Å². The van der Waals surface area contributed by atoms with Crippen LogP contribution in [0, 0.1) is 0 Å². The molecule has 1 rings (SSSR count).